The van der Waals surface area contributed by atoms with Crippen LogP contribution in [0.2, 0.25) is 0 Å². The molecule has 5 heteroatoms. The molecule has 1 aliphatic rings. The van der Waals surface area contributed by atoms with Crippen molar-refractivity contribution in [2.45, 2.75) is 0 Å². The van der Waals surface area contributed by atoms with E-state index in [0.29, 0.717) is 49.4 Å². The zero-order valence-electron chi connectivity index (χ0n) is 9.19. The molecule has 2 rings (SSSR count). The Balaban J connectivity index is 2.12. The van der Waals surface area contributed by atoms with Crippen LogP contribution in [-0.4, -0.2) is 33.5 Å². The van der Waals surface area contributed by atoms with E-state index in [-0.39, 0.29) is 0 Å². The van der Waals surface area contributed by atoms with E-state index >= 15 is 0 Å². The number of hydrogen-bond donors (Lipinski definition) is 1. The van der Waals surface area contributed by atoms with Crippen LogP contribution >= 0.6 is 0 Å². The van der Waals surface area contributed by atoms with Crippen LogP contribution in [0.4, 0.5) is 5.69 Å². The summed E-state index contributed by atoms with van der Waals surface area (Å²) in [5.74, 6) is 1.94. The lowest BCUT2D eigenvalue weighted by atomic mass is 10.2. The van der Waals surface area contributed by atoms with Crippen molar-refractivity contribution in [3.05, 3.63) is 12.1 Å². The van der Waals surface area contributed by atoms with Crippen LogP contribution in [0.15, 0.2) is 12.1 Å². The number of fused-ring (bicyclic) bond motifs is 1. The van der Waals surface area contributed by atoms with E-state index in [1.54, 1.807) is 19.2 Å². The smallest absolute Gasteiger partial charge is 0.165 e. The van der Waals surface area contributed by atoms with Crippen LogP contribution in [0.5, 0.6) is 17.2 Å². The summed E-state index contributed by atoms with van der Waals surface area (Å²) in [6, 6.07) is 3.47. The van der Waals surface area contributed by atoms with Gasteiger partial charge >= 0.3 is 0 Å². The minimum atomic E-state index is 0.459. The van der Waals surface area contributed by atoms with Gasteiger partial charge in [0.1, 0.15) is 25.6 Å². The first-order chi connectivity index (χ1) is 7.81. The van der Waals surface area contributed by atoms with Gasteiger partial charge in [-0.15, -0.1) is 0 Å². The zero-order valence-corrected chi connectivity index (χ0v) is 9.19. The van der Waals surface area contributed by atoms with E-state index in [4.69, 9.17) is 24.7 Å². The van der Waals surface area contributed by atoms with E-state index in [1.807, 2.05) is 0 Å². The molecule has 0 amide bonds. The molecule has 0 aromatic heterocycles. The molecule has 0 spiro atoms. The van der Waals surface area contributed by atoms with E-state index in [9.17, 15) is 0 Å². The Morgan fingerprint density at radius 1 is 1.19 bits per heavy atom. The topological polar surface area (TPSA) is 62.9 Å². The third-order valence-corrected chi connectivity index (χ3v) is 2.22. The number of nitrogen functional groups attached to an aromatic ring is 1. The molecule has 0 unspecified atom stereocenters. The van der Waals surface area contributed by atoms with Gasteiger partial charge in [-0.25, -0.2) is 0 Å². The lowest BCUT2D eigenvalue weighted by molar-refractivity contribution is 0.145. The molecule has 0 radical (unpaired) electrons. The molecule has 2 N–H and O–H groups in total. The fourth-order valence-corrected chi connectivity index (χ4v) is 1.45. The molecular weight excluding hydrogens is 210 g/mol. The first-order valence-corrected chi connectivity index (χ1v) is 5.12. The number of methoxy groups -OCH3 is 1. The molecule has 1 heterocycles. The summed E-state index contributed by atoms with van der Waals surface area (Å²) in [6.45, 7) is 2.08. The second kappa shape index (κ2) is 4.94. The highest BCUT2D eigenvalue weighted by molar-refractivity contribution is 5.62. The normalized spacial score (nSPS) is 13.6. The second-order valence-electron chi connectivity index (χ2n) is 3.37. The summed E-state index contributed by atoms with van der Waals surface area (Å²) in [7, 11) is 1.62. The van der Waals surface area contributed by atoms with Crippen molar-refractivity contribution in [2.24, 2.45) is 0 Å². The molecule has 5 nitrogen and oxygen atoms in total. The highest BCUT2D eigenvalue weighted by Crippen LogP contribution is 2.38. The maximum absolute atomic E-state index is 5.83. The van der Waals surface area contributed by atoms with E-state index in [0.717, 1.165) is 0 Å². The van der Waals surface area contributed by atoms with Gasteiger partial charge in [0, 0.05) is 19.2 Å². The number of benzene rings is 1. The fraction of sp³-hybridized carbons (Fsp3) is 0.455. The summed E-state index contributed by atoms with van der Waals surface area (Å²) in [5, 5.41) is 0. The first-order valence-electron chi connectivity index (χ1n) is 5.12. The van der Waals surface area contributed by atoms with Gasteiger partial charge in [-0.2, -0.15) is 0 Å². The van der Waals surface area contributed by atoms with Crippen molar-refractivity contribution in [1.29, 1.82) is 0 Å². The maximum atomic E-state index is 5.83. The molecule has 16 heavy (non-hydrogen) atoms. The van der Waals surface area contributed by atoms with Crippen LogP contribution in [0.3, 0.4) is 0 Å². The van der Waals surface area contributed by atoms with Gasteiger partial charge in [-0.1, -0.05) is 0 Å². The van der Waals surface area contributed by atoms with Gasteiger partial charge in [0.2, 0.25) is 0 Å². The van der Waals surface area contributed by atoms with E-state index in [1.165, 1.54) is 0 Å². The Kier molecular flexibility index (Phi) is 3.36. The summed E-state index contributed by atoms with van der Waals surface area (Å²) < 4.78 is 21.2. The standard InChI is InChI=1S/C11H15NO4/c1-13-2-3-14-9-7-11-10(6-8(9)12)15-4-5-16-11/h6-7H,2-5,12H2,1H3. The second-order valence-corrected chi connectivity index (χ2v) is 3.37. The molecule has 0 saturated carbocycles. The predicted octanol–water partition coefficient (Wildman–Crippen LogP) is 1.07. The van der Waals surface area contributed by atoms with Crippen LogP contribution in [0, 0.1) is 0 Å². The molecule has 88 valence electrons. The number of ether oxygens (including phenoxy) is 4. The summed E-state index contributed by atoms with van der Waals surface area (Å²) >= 11 is 0. The highest BCUT2D eigenvalue weighted by Gasteiger charge is 2.15. The maximum Gasteiger partial charge on any atom is 0.165 e. The molecule has 0 bridgehead atoms. The third kappa shape index (κ3) is 2.30. The summed E-state index contributed by atoms with van der Waals surface area (Å²) in [4.78, 5) is 0. The fourth-order valence-electron chi connectivity index (χ4n) is 1.45. The highest BCUT2D eigenvalue weighted by atomic mass is 16.6. The first kappa shape index (κ1) is 10.9. The van der Waals surface area contributed by atoms with Gasteiger partial charge in [0.15, 0.2) is 11.5 Å². The molecule has 1 aromatic rings. The SMILES string of the molecule is COCCOc1cc2c(cc1N)OCCO2. The third-order valence-electron chi connectivity index (χ3n) is 2.22. The number of hydrogen-bond acceptors (Lipinski definition) is 5. The Hall–Kier alpha value is -1.62. The van der Waals surface area contributed by atoms with Crippen molar-refractivity contribution in [2.75, 3.05) is 39.3 Å². The van der Waals surface area contributed by atoms with Gasteiger partial charge in [-0.3, -0.25) is 0 Å². The average Bonchev–Trinajstić information content (AvgIpc) is 2.30. The van der Waals surface area contributed by atoms with Crippen LogP contribution in [-0.2, 0) is 4.74 Å². The van der Waals surface area contributed by atoms with E-state index < -0.39 is 0 Å². The summed E-state index contributed by atoms with van der Waals surface area (Å²) in [6.07, 6.45) is 0. The average molecular weight is 225 g/mol. The van der Waals surface area contributed by atoms with Crippen molar-refractivity contribution >= 4 is 5.69 Å². The molecule has 1 aliphatic heterocycles. The van der Waals surface area contributed by atoms with Crippen molar-refractivity contribution in [3.8, 4) is 17.2 Å². The lowest BCUT2D eigenvalue weighted by Crippen LogP contribution is -2.16. The number of anilines is 1. The van der Waals surface area contributed by atoms with Crippen molar-refractivity contribution in [1.82, 2.24) is 0 Å². The Bertz CT molecular complexity index is 367. The van der Waals surface area contributed by atoms with Crippen LogP contribution < -0.4 is 19.9 Å². The van der Waals surface area contributed by atoms with E-state index in [2.05, 4.69) is 0 Å². The minimum absolute atomic E-state index is 0.459. The van der Waals surface area contributed by atoms with Gasteiger partial charge < -0.3 is 24.7 Å². The molecule has 0 saturated heterocycles. The van der Waals surface area contributed by atoms with Crippen LogP contribution in [0.1, 0.15) is 0 Å². The molecule has 0 aliphatic carbocycles. The Morgan fingerprint density at radius 3 is 2.56 bits per heavy atom. The quantitative estimate of drug-likeness (QED) is 0.613. The number of nitrogens with two attached hydrogens (primary N) is 1. The molecule has 0 atom stereocenters. The van der Waals surface area contributed by atoms with Gasteiger partial charge in [-0.05, 0) is 0 Å². The molecular formula is C11H15NO4. The Labute approximate surface area is 94.0 Å². The zero-order chi connectivity index (χ0) is 11.4. The van der Waals surface area contributed by atoms with Crippen molar-refractivity contribution in [3.63, 3.8) is 0 Å². The Morgan fingerprint density at radius 2 is 1.88 bits per heavy atom. The lowest BCUT2D eigenvalue weighted by Gasteiger charge is -2.20. The molecule has 0 fully saturated rings. The van der Waals surface area contributed by atoms with Gasteiger partial charge in [0.25, 0.3) is 0 Å². The summed E-state index contributed by atoms with van der Waals surface area (Å²) in [5.41, 5.74) is 6.37. The van der Waals surface area contributed by atoms with Crippen molar-refractivity contribution < 1.29 is 18.9 Å². The molecule has 1 aromatic carbocycles. The monoisotopic (exact) mass is 225 g/mol. The minimum Gasteiger partial charge on any atom is -0.489 e. The van der Waals surface area contributed by atoms with Crippen LogP contribution in [0.25, 0.3) is 0 Å². The largest absolute Gasteiger partial charge is 0.489 e. The van der Waals surface area contributed by atoms with Gasteiger partial charge in [0.05, 0.1) is 12.3 Å². The number of rotatable bonds is 4. The predicted molar refractivity (Wildman–Crippen MR) is 59.2 cm³/mol.